The zero-order valence-corrected chi connectivity index (χ0v) is 21.0. The fourth-order valence-electron chi connectivity index (χ4n) is 4.24. The largest absolute Gasteiger partial charge is 0.508 e. The zero-order valence-electron chi connectivity index (χ0n) is 19.5. The molecule has 2 N–H and O–H groups in total. The highest BCUT2D eigenvalue weighted by Gasteiger charge is 2.46. The molecule has 1 unspecified atom stereocenters. The van der Waals surface area contributed by atoms with Crippen LogP contribution in [0.2, 0.25) is 10.0 Å². The first kappa shape index (κ1) is 25.4. The van der Waals surface area contributed by atoms with Gasteiger partial charge in [-0.3, -0.25) is 9.59 Å². The van der Waals surface area contributed by atoms with Crippen LogP contribution < -0.4 is 9.47 Å². The Morgan fingerprint density at radius 2 is 1.67 bits per heavy atom. The summed E-state index contributed by atoms with van der Waals surface area (Å²) < 4.78 is 10.6. The van der Waals surface area contributed by atoms with Crippen molar-refractivity contribution >= 4 is 40.7 Å². The standard InChI is InChI=1S/C27H23Cl2NO6/c1-35-21-14-20(29)22(36-2)13-19(21)25(32)23-24(16-4-3-5-18(31)12-16)30(27(34)26(23)33)11-10-15-6-8-17(28)9-7-15/h3-9,12-14,24,31-32H,10-11H2,1-2H3/b25-23+. The number of Topliss-reactive ketones (excluding diaryl/α,β-unsaturated/α-hetero) is 1. The number of phenols is 1. The molecule has 1 amide bonds. The van der Waals surface area contributed by atoms with Crippen LogP contribution in [0.4, 0.5) is 0 Å². The summed E-state index contributed by atoms with van der Waals surface area (Å²) in [5.41, 5.74) is 1.39. The summed E-state index contributed by atoms with van der Waals surface area (Å²) in [6.45, 7) is 0.185. The van der Waals surface area contributed by atoms with E-state index in [2.05, 4.69) is 0 Å². The Kier molecular flexibility index (Phi) is 7.43. The van der Waals surface area contributed by atoms with E-state index in [1.165, 1.54) is 43.4 Å². The molecular weight excluding hydrogens is 505 g/mol. The van der Waals surface area contributed by atoms with Crippen LogP contribution in [0.25, 0.3) is 5.76 Å². The van der Waals surface area contributed by atoms with Gasteiger partial charge in [0, 0.05) is 17.6 Å². The van der Waals surface area contributed by atoms with Crippen molar-refractivity contribution in [3.8, 4) is 17.2 Å². The first-order valence-corrected chi connectivity index (χ1v) is 11.7. The van der Waals surface area contributed by atoms with Gasteiger partial charge in [0.05, 0.1) is 36.4 Å². The molecule has 186 valence electrons. The lowest BCUT2D eigenvalue weighted by Crippen LogP contribution is -2.31. The van der Waals surface area contributed by atoms with Gasteiger partial charge in [-0.1, -0.05) is 47.5 Å². The molecule has 1 aliphatic heterocycles. The maximum Gasteiger partial charge on any atom is 0.295 e. The highest BCUT2D eigenvalue weighted by Crippen LogP contribution is 2.43. The number of aliphatic hydroxyl groups excluding tert-OH is 1. The Morgan fingerprint density at radius 1 is 0.972 bits per heavy atom. The molecule has 1 saturated heterocycles. The van der Waals surface area contributed by atoms with Crippen LogP contribution in [-0.4, -0.2) is 47.6 Å². The van der Waals surface area contributed by atoms with Gasteiger partial charge in [-0.05, 0) is 47.9 Å². The maximum atomic E-state index is 13.3. The van der Waals surface area contributed by atoms with Gasteiger partial charge in [0.2, 0.25) is 0 Å². The number of halogens is 2. The van der Waals surface area contributed by atoms with Crippen LogP contribution in [-0.2, 0) is 16.0 Å². The molecule has 0 aromatic heterocycles. The minimum atomic E-state index is -0.948. The van der Waals surface area contributed by atoms with Crippen molar-refractivity contribution in [1.29, 1.82) is 0 Å². The molecule has 1 atom stereocenters. The van der Waals surface area contributed by atoms with Crippen molar-refractivity contribution < 1.29 is 29.3 Å². The monoisotopic (exact) mass is 527 g/mol. The number of carbonyl (C=O) groups excluding carboxylic acids is 2. The number of hydrogen-bond donors (Lipinski definition) is 2. The number of ether oxygens (including phenoxy) is 2. The lowest BCUT2D eigenvalue weighted by Gasteiger charge is -2.25. The van der Waals surface area contributed by atoms with E-state index < -0.39 is 23.5 Å². The van der Waals surface area contributed by atoms with E-state index in [0.717, 1.165) is 5.56 Å². The van der Waals surface area contributed by atoms with E-state index in [-0.39, 0.29) is 40.0 Å². The van der Waals surface area contributed by atoms with Gasteiger partial charge in [0.15, 0.2) is 0 Å². The molecule has 1 heterocycles. The van der Waals surface area contributed by atoms with E-state index in [0.29, 0.717) is 17.0 Å². The quantitative estimate of drug-likeness (QED) is 0.243. The molecular formula is C27H23Cl2NO6. The summed E-state index contributed by atoms with van der Waals surface area (Å²) in [4.78, 5) is 27.9. The molecule has 0 spiro atoms. The molecule has 7 nitrogen and oxygen atoms in total. The van der Waals surface area contributed by atoms with E-state index >= 15 is 0 Å². The number of aliphatic hydroxyl groups is 1. The molecule has 36 heavy (non-hydrogen) atoms. The number of hydrogen-bond acceptors (Lipinski definition) is 6. The van der Waals surface area contributed by atoms with Crippen molar-refractivity contribution in [3.63, 3.8) is 0 Å². The Bertz CT molecular complexity index is 1350. The average molecular weight is 528 g/mol. The fraction of sp³-hybridized carbons (Fsp3) is 0.185. The number of rotatable bonds is 7. The molecule has 0 bridgehead atoms. The summed E-state index contributed by atoms with van der Waals surface area (Å²) in [5, 5.41) is 22.3. The smallest absolute Gasteiger partial charge is 0.295 e. The molecule has 0 radical (unpaired) electrons. The van der Waals surface area contributed by atoms with Crippen LogP contribution >= 0.6 is 23.2 Å². The first-order chi connectivity index (χ1) is 17.2. The number of aromatic hydroxyl groups is 1. The normalized spacial score (nSPS) is 16.9. The van der Waals surface area contributed by atoms with Crippen molar-refractivity contribution in [1.82, 2.24) is 4.90 Å². The highest BCUT2D eigenvalue weighted by atomic mass is 35.5. The third kappa shape index (κ3) is 4.85. The molecule has 3 aromatic rings. The molecule has 0 saturated carbocycles. The summed E-state index contributed by atoms with van der Waals surface area (Å²) in [7, 11) is 2.81. The zero-order chi connectivity index (χ0) is 26.0. The van der Waals surface area contributed by atoms with Crippen LogP contribution in [0.5, 0.6) is 17.2 Å². The molecule has 1 aliphatic rings. The number of amides is 1. The topological polar surface area (TPSA) is 96.3 Å². The van der Waals surface area contributed by atoms with Crippen molar-refractivity contribution in [2.45, 2.75) is 12.5 Å². The fourth-order valence-corrected chi connectivity index (χ4v) is 4.60. The molecule has 3 aromatic carbocycles. The number of carbonyl (C=O) groups is 2. The summed E-state index contributed by atoms with van der Waals surface area (Å²) in [6.07, 6.45) is 0.442. The summed E-state index contributed by atoms with van der Waals surface area (Å²) in [6, 6.07) is 15.3. The van der Waals surface area contributed by atoms with Crippen molar-refractivity contribution in [3.05, 3.63) is 93.0 Å². The summed E-state index contributed by atoms with van der Waals surface area (Å²) in [5.74, 6) is -1.65. The second-order valence-corrected chi connectivity index (χ2v) is 8.99. The highest BCUT2D eigenvalue weighted by molar-refractivity contribution is 6.46. The maximum absolute atomic E-state index is 13.3. The van der Waals surface area contributed by atoms with Gasteiger partial charge in [0.25, 0.3) is 11.7 Å². The minimum absolute atomic E-state index is 0.0402. The van der Waals surface area contributed by atoms with E-state index in [4.69, 9.17) is 32.7 Å². The third-order valence-electron chi connectivity index (χ3n) is 6.01. The lowest BCUT2D eigenvalue weighted by atomic mass is 9.94. The Labute approximate surface area is 218 Å². The van der Waals surface area contributed by atoms with Crippen LogP contribution in [0.3, 0.4) is 0 Å². The number of likely N-dealkylation sites (tertiary alicyclic amines) is 1. The molecule has 0 aliphatic carbocycles. The predicted molar refractivity (Wildman–Crippen MR) is 137 cm³/mol. The Hall–Kier alpha value is -3.68. The van der Waals surface area contributed by atoms with E-state index in [9.17, 15) is 19.8 Å². The number of methoxy groups -OCH3 is 2. The number of phenolic OH excluding ortho intramolecular Hbond substituents is 1. The van der Waals surface area contributed by atoms with Gasteiger partial charge < -0.3 is 24.6 Å². The van der Waals surface area contributed by atoms with Crippen LogP contribution in [0, 0.1) is 0 Å². The third-order valence-corrected chi connectivity index (χ3v) is 6.56. The Morgan fingerprint density at radius 3 is 2.31 bits per heavy atom. The minimum Gasteiger partial charge on any atom is -0.508 e. The van der Waals surface area contributed by atoms with Gasteiger partial charge in [-0.15, -0.1) is 0 Å². The second kappa shape index (κ2) is 10.5. The number of benzene rings is 3. The second-order valence-electron chi connectivity index (χ2n) is 8.15. The molecule has 1 fully saturated rings. The SMILES string of the molecule is COc1cc(/C(O)=C2\C(=O)C(=O)N(CCc3ccc(Cl)cc3)C2c2cccc(O)c2)c(OC)cc1Cl. The first-order valence-electron chi connectivity index (χ1n) is 11.0. The Balaban J connectivity index is 1.85. The van der Waals surface area contributed by atoms with Crippen LogP contribution in [0.1, 0.15) is 22.7 Å². The van der Waals surface area contributed by atoms with E-state index in [1.807, 2.05) is 12.1 Å². The van der Waals surface area contributed by atoms with Gasteiger partial charge in [0.1, 0.15) is 23.0 Å². The van der Waals surface area contributed by atoms with Crippen LogP contribution in [0.15, 0.2) is 66.2 Å². The predicted octanol–water partition coefficient (Wildman–Crippen LogP) is 5.38. The van der Waals surface area contributed by atoms with Gasteiger partial charge in [-0.2, -0.15) is 0 Å². The average Bonchev–Trinajstić information content (AvgIpc) is 3.12. The number of ketones is 1. The number of nitrogens with zero attached hydrogens (tertiary/aromatic N) is 1. The van der Waals surface area contributed by atoms with Gasteiger partial charge in [-0.25, -0.2) is 0 Å². The van der Waals surface area contributed by atoms with Gasteiger partial charge >= 0.3 is 0 Å². The molecule has 4 rings (SSSR count). The summed E-state index contributed by atoms with van der Waals surface area (Å²) >= 11 is 12.2. The van der Waals surface area contributed by atoms with Crippen molar-refractivity contribution in [2.75, 3.05) is 20.8 Å². The molecule has 9 heteroatoms. The lowest BCUT2D eigenvalue weighted by molar-refractivity contribution is -0.139. The van der Waals surface area contributed by atoms with E-state index in [1.54, 1.807) is 24.3 Å². The van der Waals surface area contributed by atoms with Crippen molar-refractivity contribution in [2.24, 2.45) is 0 Å².